The van der Waals surface area contributed by atoms with Gasteiger partial charge in [0.15, 0.2) is 0 Å². The van der Waals surface area contributed by atoms with Gasteiger partial charge in [-0.1, -0.05) is 35.4 Å². The van der Waals surface area contributed by atoms with Crippen molar-refractivity contribution in [1.82, 2.24) is 0 Å². The van der Waals surface area contributed by atoms with Crippen LogP contribution in [0.4, 0.5) is 0 Å². The first-order valence-corrected chi connectivity index (χ1v) is 11.0. The van der Waals surface area contributed by atoms with Gasteiger partial charge in [-0.25, -0.2) is 0 Å². The van der Waals surface area contributed by atoms with E-state index < -0.39 is 0 Å². The Bertz CT molecular complexity index is 770. The van der Waals surface area contributed by atoms with Crippen LogP contribution in [0.15, 0.2) is 28.5 Å². The lowest BCUT2D eigenvalue weighted by molar-refractivity contribution is -0.124. The van der Waals surface area contributed by atoms with Gasteiger partial charge in [0.2, 0.25) is 0 Å². The molecule has 0 radical (unpaired) electrons. The summed E-state index contributed by atoms with van der Waals surface area (Å²) in [5.74, 6) is 6.05. The second kappa shape index (κ2) is 4.54. The minimum atomic E-state index is 0.0694. The lowest BCUT2D eigenvalue weighted by Crippen LogP contribution is -2.54. The highest BCUT2D eigenvalue weighted by Gasteiger charge is 2.78. The van der Waals surface area contributed by atoms with Crippen LogP contribution in [0.5, 0.6) is 0 Å². The van der Waals surface area contributed by atoms with Crippen LogP contribution in [-0.4, -0.2) is 18.2 Å². The Hall–Kier alpha value is -0.960. The van der Waals surface area contributed by atoms with Gasteiger partial charge in [-0.2, -0.15) is 4.91 Å². The number of hydrogen-bond acceptors (Lipinski definition) is 3. The van der Waals surface area contributed by atoms with Crippen LogP contribution in [0.25, 0.3) is 0 Å². The molecule has 4 saturated carbocycles. The van der Waals surface area contributed by atoms with E-state index in [0.717, 1.165) is 67.3 Å². The van der Waals surface area contributed by atoms with E-state index in [-0.39, 0.29) is 11.6 Å². The molecule has 0 saturated heterocycles. The minimum Gasteiger partial charge on any atom is -0.366 e. The maximum atomic E-state index is 11.1. The number of ether oxygens (including phenoxy) is 1. The van der Waals surface area contributed by atoms with Gasteiger partial charge in [0, 0.05) is 5.41 Å². The van der Waals surface area contributed by atoms with Crippen LogP contribution in [-0.2, 0) is 4.74 Å². The van der Waals surface area contributed by atoms with E-state index in [0.29, 0.717) is 5.41 Å². The molecule has 0 aromatic rings. The summed E-state index contributed by atoms with van der Waals surface area (Å²) in [4.78, 5) is 11.1. The highest BCUT2D eigenvalue weighted by atomic mass is 16.5. The predicted molar refractivity (Wildman–Crippen MR) is 99.3 cm³/mol. The molecule has 4 fully saturated rings. The van der Waals surface area contributed by atoms with Gasteiger partial charge in [0.1, 0.15) is 0 Å². The van der Waals surface area contributed by atoms with E-state index >= 15 is 0 Å². The normalized spacial score (nSPS) is 60.8. The van der Waals surface area contributed by atoms with Crippen molar-refractivity contribution >= 4 is 0 Å². The summed E-state index contributed by atoms with van der Waals surface area (Å²) in [5.41, 5.74) is 3.94. The molecule has 0 amide bonds. The fourth-order valence-electron chi connectivity index (χ4n) is 9.16. The van der Waals surface area contributed by atoms with E-state index in [1.807, 2.05) is 0 Å². The first-order chi connectivity index (χ1) is 12.7. The maximum Gasteiger partial charge on any atom is 0.0959 e. The molecule has 26 heavy (non-hydrogen) atoms. The molecule has 0 aromatic heterocycles. The van der Waals surface area contributed by atoms with Crippen molar-refractivity contribution < 1.29 is 4.74 Å². The van der Waals surface area contributed by atoms with Gasteiger partial charge < -0.3 is 4.74 Å². The third-order valence-corrected chi connectivity index (χ3v) is 10.1. The molecule has 0 N–H and O–H groups in total. The van der Waals surface area contributed by atoms with Crippen molar-refractivity contribution in [3.05, 3.63) is 28.2 Å². The molecule has 8 unspecified atom stereocenters. The lowest BCUT2D eigenvalue weighted by atomic mass is 9.50. The van der Waals surface area contributed by atoms with Crippen molar-refractivity contribution in [3.8, 4) is 0 Å². The van der Waals surface area contributed by atoms with Crippen molar-refractivity contribution in [2.75, 3.05) is 6.61 Å². The number of nitroso groups, excluding NO2 is 1. The molecule has 1 spiro atoms. The molecule has 3 heteroatoms. The number of allylic oxidation sites excluding steroid dienone is 1. The molecule has 3 nitrogen and oxygen atoms in total. The average molecular weight is 351 g/mol. The largest absolute Gasteiger partial charge is 0.366 e. The maximum absolute atomic E-state index is 11.1. The number of nitrogens with zero attached hydrogens (tertiary/aromatic N) is 1. The zero-order valence-corrected chi connectivity index (χ0v) is 15.7. The Kier molecular flexibility index (Phi) is 2.62. The van der Waals surface area contributed by atoms with E-state index in [2.05, 4.69) is 24.3 Å². The Morgan fingerprint density at radius 3 is 2.88 bits per heavy atom. The highest BCUT2D eigenvalue weighted by molar-refractivity contribution is 5.39. The Labute approximate surface area is 155 Å². The summed E-state index contributed by atoms with van der Waals surface area (Å²) >= 11 is 0. The summed E-state index contributed by atoms with van der Waals surface area (Å²) in [6.45, 7) is 3.42. The Balaban J connectivity index is 1.31. The zero-order chi connectivity index (χ0) is 17.3. The van der Waals surface area contributed by atoms with Crippen molar-refractivity contribution in [3.63, 3.8) is 0 Å². The summed E-state index contributed by atoms with van der Waals surface area (Å²) < 4.78 is 6.52. The van der Waals surface area contributed by atoms with Crippen molar-refractivity contribution in [2.45, 2.75) is 63.5 Å². The van der Waals surface area contributed by atoms with Gasteiger partial charge in [0.25, 0.3) is 0 Å². The quantitative estimate of drug-likeness (QED) is 0.499. The van der Waals surface area contributed by atoms with Gasteiger partial charge in [-0.3, -0.25) is 0 Å². The molecule has 10 atom stereocenters. The molecule has 7 aliphatic rings. The van der Waals surface area contributed by atoms with Gasteiger partial charge in [0.05, 0.1) is 18.2 Å². The first kappa shape index (κ1) is 15.0. The van der Waals surface area contributed by atoms with E-state index in [1.165, 1.54) is 25.7 Å². The third-order valence-electron chi connectivity index (χ3n) is 10.1. The Morgan fingerprint density at radius 2 is 2.08 bits per heavy atom. The van der Waals surface area contributed by atoms with Crippen LogP contribution >= 0.6 is 0 Å². The van der Waals surface area contributed by atoms with E-state index in [1.54, 1.807) is 11.1 Å². The van der Waals surface area contributed by atoms with Gasteiger partial charge in [-0.15, -0.1) is 0 Å². The first-order valence-electron chi connectivity index (χ1n) is 11.0. The minimum absolute atomic E-state index is 0.0694. The fraction of sp³-hybridized carbons (Fsp3) is 0.826. The summed E-state index contributed by atoms with van der Waals surface area (Å²) in [6, 6.07) is 0.0694. The van der Waals surface area contributed by atoms with Crippen LogP contribution in [0.2, 0.25) is 0 Å². The monoisotopic (exact) mass is 351 g/mol. The van der Waals surface area contributed by atoms with E-state index in [9.17, 15) is 4.91 Å². The molecular weight excluding hydrogens is 322 g/mol. The van der Waals surface area contributed by atoms with Crippen LogP contribution in [0, 0.1) is 51.7 Å². The SMILES string of the molecule is C[C@]12CCC3C4=C(CC(N=O)CC4)C4CC4C3C1C1CC1[C@@]21C=CCO1. The number of rotatable bonds is 1. The number of hydrogen-bond donors (Lipinski definition) is 0. The highest BCUT2D eigenvalue weighted by Crippen LogP contribution is 2.80. The second-order valence-electron chi connectivity index (χ2n) is 10.7. The molecule has 1 heterocycles. The number of fused-ring (bicyclic) bond motifs is 11. The Morgan fingerprint density at radius 1 is 1.15 bits per heavy atom. The molecule has 138 valence electrons. The van der Waals surface area contributed by atoms with Gasteiger partial charge in [-0.05, 0) is 86.4 Å². The van der Waals surface area contributed by atoms with Crippen molar-refractivity contribution in [2.24, 2.45) is 52.0 Å². The summed E-state index contributed by atoms with van der Waals surface area (Å²) in [5, 5.41) is 3.42. The van der Waals surface area contributed by atoms with E-state index in [4.69, 9.17) is 4.74 Å². The zero-order valence-electron chi connectivity index (χ0n) is 15.7. The molecule has 0 aromatic carbocycles. The smallest absolute Gasteiger partial charge is 0.0959 e. The second-order valence-corrected chi connectivity index (χ2v) is 10.7. The molecule has 0 bridgehead atoms. The molecule has 7 rings (SSSR count). The summed E-state index contributed by atoms with van der Waals surface area (Å²) in [7, 11) is 0. The van der Waals surface area contributed by atoms with Crippen LogP contribution in [0.3, 0.4) is 0 Å². The van der Waals surface area contributed by atoms with Crippen LogP contribution < -0.4 is 0 Å². The van der Waals surface area contributed by atoms with Crippen molar-refractivity contribution in [1.29, 1.82) is 0 Å². The average Bonchev–Trinajstić information content (AvgIpc) is 3.57. The molecular formula is C23H29NO2. The topological polar surface area (TPSA) is 38.7 Å². The van der Waals surface area contributed by atoms with Gasteiger partial charge >= 0.3 is 0 Å². The standard InChI is InChI=1S/C23H29NO2/c1-22-7-5-14-13-4-3-12(24-25)9-15(13)16-10-17(16)20(14)21(22)18-11-19(18)23(22)6-2-8-26-23/h2,6,12,14,16-21H,3-5,7-11H2,1H3/t12?,14?,16?,17?,18?,19?,20?,21?,22-,23-/m0/s1. The summed E-state index contributed by atoms with van der Waals surface area (Å²) in [6.07, 6.45) is 13.4. The molecule has 6 aliphatic carbocycles. The molecule has 1 aliphatic heterocycles. The lowest BCUT2D eigenvalue weighted by Gasteiger charge is -2.56. The van der Waals surface area contributed by atoms with Crippen LogP contribution in [0.1, 0.15) is 51.9 Å². The fourth-order valence-corrected chi connectivity index (χ4v) is 9.16. The third kappa shape index (κ3) is 1.51. The predicted octanol–water partition coefficient (Wildman–Crippen LogP) is 4.88.